The first-order valence-electron chi connectivity index (χ1n) is 30.7. The van der Waals surface area contributed by atoms with E-state index in [1.54, 1.807) is 22.3 Å². The molecular weight excluding hydrogens is 1580 g/mol. The first kappa shape index (κ1) is 72.5. The van der Waals surface area contributed by atoms with Gasteiger partial charge in [0.15, 0.2) is 0 Å². The van der Waals surface area contributed by atoms with Gasteiger partial charge in [0.2, 0.25) is 0 Å². The molecule has 4 heterocycles. The standard InChI is InChI=1S/2C21H16N3.C21H14NO.C21H14NS.4Rh/c1-16-21(22-23-24(16)20-10-6-3-7-11-20)19-14-12-18(13-15-19)17-8-4-2-5-9-17;1-16-21(23-24(22-16)20-10-6-3-7-11-20)19-14-12-18(13-15-19)17-8-4-2-5-9-17;2*1-3-7-16(8-4-1)17-11-13-18(14-12-17)20-15-22-21(23-20)19-9-5-2-6-10-19;;;;/h2*2-10,12-15H,1H3;2*1-9,11-15H;;;;/q4*-1;;;;. The molecule has 0 aliphatic carbocycles. The minimum Gasteiger partial charge on any atom is -0.481 e. The SMILES string of the molecule is Cc1c(-c2ccc(-c3ccccc3)cc2)nnn1-c1[c-]cccc1.Cc1nn(-c2[c-]cccc2)nc1-c1ccc(-c2ccccc2)cc1.[Rh].[Rh].[Rh].[Rh].[c-]1ccccc1-c1ncc(-c2ccc(-c3ccccc3)cc2)o1.[c-]1ccccc1-c1ncc(-c2ccc(-c3ccccc3)cc2)s1. The van der Waals surface area contributed by atoms with E-state index in [4.69, 9.17) is 4.42 Å². The number of para-hydroxylation sites is 2. The Morgan fingerprint density at radius 3 is 1.17 bits per heavy atom. The van der Waals surface area contributed by atoms with Crippen molar-refractivity contribution in [3.8, 4) is 122 Å². The summed E-state index contributed by atoms with van der Waals surface area (Å²) in [6, 6.07) is 119. The molecule has 9 nitrogen and oxygen atoms in total. The Balaban J connectivity index is 0.000000151. The number of nitrogens with zero attached hydrogens (tertiary/aromatic N) is 8. The van der Waals surface area contributed by atoms with Gasteiger partial charge in [-0.15, -0.1) is 83.5 Å². The van der Waals surface area contributed by atoms with E-state index in [-0.39, 0.29) is 77.9 Å². The molecule has 16 aromatic rings. The molecule has 0 N–H and O–H groups in total. The van der Waals surface area contributed by atoms with Crippen molar-refractivity contribution in [3.05, 3.63) is 363 Å². The van der Waals surface area contributed by atoms with Gasteiger partial charge in [-0.25, -0.2) is 4.68 Å². The van der Waals surface area contributed by atoms with E-state index in [1.165, 1.54) is 54.9 Å². The van der Waals surface area contributed by atoms with Crippen LogP contribution in [0.4, 0.5) is 0 Å². The fourth-order valence-electron chi connectivity index (χ4n) is 10.5. The Bertz CT molecular complexity index is 4740. The van der Waals surface area contributed by atoms with Gasteiger partial charge in [0, 0.05) is 111 Å². The maximum absolute atomic E-state index is 5.86. The van der Waals surface area contributed by atoms with Gasteiger partial charge in [-0.05, 0) is 75.3 Å². The summed E-state index contributed by atoms with van der Waals surface area (Å²) in [5, 5.41) is 18.8. The van der Waals surface area contributed by atoms with Crippen molar-refractivity contribution in [2.24, 2.45) is 0 Å². The van der Waals surface area contributed by atoms with Crippen molar-refractivity contribution < 1.29 is 82.3 Å². The van der Waals surface area contributed by atoms with Crippen molar-refractivity contribution in [2.45, 2.75) is 13.8 Å². The Hall–Kier alpha value is -9.75. The number of oxazole rings is 1. The molecule has 0 saturated carbocycles. The minimum absolute atomic E-state index is 0. The minimum atomic E-state index is 0. The summed E-state index contributed by atoms with van der Waals surface area (Å²) in [5.41, 5.74) is 21.4. The monoisotopic (exact) mass is 1640 g/mol. The van der Waals surface area contributed by atoms with Gasteiger partial charge in [-0.2, -0.15) is 74.9 Å². The number of rotatable bonds is 12. The molecule has 0 saturated heterocycles. The van der Waals surface area contributed by atoms with Crippen LogP contribution in [0.15, 0.2) is 332 Å². The molecule has 4 aromatic heterocycles. The molecular formula is C84H60N8ORh4S-4. The van der Waals surface area contributed by atoms with Gasteiger partial charge in [0.25, 0.3) is 0 Å². The van der Waals surface area contributed by atoms with E-state index in [2.05, 4.69) is 237 Å². The summed E-state index contributed by atoms with van der Waals surface area (Å²) in [5.74, 6) is 1.35. The van der Waals surface area contributed by atoms with E-state index < -0.39 is 0 Å². The third kappa shape index (κ3) is 18.3. The molecule has 0 aliphatic rings. The van der Waals surface area contributed by atoms with Crippen LogP contribution >= 0.6 is 11.3 Å². The fraction of sp³-hybridized carbons (Fsp3) is 0.0238. The second-order valence-electron chi connectivity index (χ2n) is 21.7. The number of benzene rings is 12. The Labute approximate surface area is 627 Å². The predicted octanol–water partition coefficient (Wildman–Crippen LogP) is 20.8. The zero-order valence-electron chi connectivity index (χ0n) is 52.9. The molecule has 488 valence electrons. The second kappa shape index (κ2) is 36.0. The molecule has 14 heteroatoms. The number of aryl methyl sites for hydroxylation is 1. The van der Waals surface area contributed by atoms with Crippen molar-refractivity contribution in [3.63, 3.8) is 0 Å². The van der Waals surface area contributed by atoms with Crippen LogP contribution in [-0.2, 0) is 77.9 Å². The van der Waals surface area contributed by atoms with Crippen LogP contribution in [0.5, 0.6) is 0 Å². The van der Waals surface area contributed by atoms with Gasteiger partial charge in [-0.1, -0.05) is 229 Å². The zero-order valence-corrected chi connectivity index (χ0v) is 60.3. The summed E-state index contributed by atoms with van der Waals surface area (Å²) in [4.78, 5) is 11.7. The Morgan fingerprint density at radius 2 is 0.724 bits per heavy atom. The maximum Gasteiger partial charge on any atom is 0.141 e. The third-order valence-electron chi connectivity index (χ3n) is 15.5. The average molecular weight is 1640 g/mol. The van der Waals surface area contributed by atoms with Gasteiger partial charge < -0.3 is 4.42 Å². The summed E-state index contributed by atoms with van der Waals surface area (Å²) in [6.45, 7) is 4.01. The summed E-state index contributed by atoms with van der Waals surface area (Å²) < 4.78 is 7.68. The van der Waals surface area contributed by atoms with Crippen LogP contribution in [0, 0.1) is 38.1 Å². The number of hydrogen-bond acceptors (Lipinski definition) is 8. The predicted molar refractivity (Wildman–Crippen MR) is 381 cm³/mol. The molecule has 16 rings (SSSR count). The van der Waals surface area contributed by atoms with Gasteiger partial charge in [0.1, 0.15) is 23.0 Å². The largest absolute Gasteiger partial charge is 0.481 e. The fourth-order valence-corrected chi connectivity index (χ4v) is 11.4. The molecule has 0 aliphatic heterocycles. The molecule has 0 amide bonds. The van der Waals surface area contributed by atoms with Crippen LogP contribution in [0.25, 0.3) is 122 Å². The van der Waals surface area contributed by atoms with E-state index in [1.807, 2.05) is 158 Å². The first-order valence-corrected chi connectivity index (χ1v) is 31.6. The summed E-state index contributed by atoms with van der Waals surface area (Å²) >= 11 is 1.70. The van der Waals surface area contributed by atoms with Crippen LogP contribution < -0.4 is 0 Å². The van der Waals surface area contributed by atoms with Gasteiger partial charge in [-0.3, -0.25) is 9.97 Å². The molecule has 0 unspecified atom stereocenters. The zero-order chi connectivity index (χ0) is 63.7. The quantitative estimate of drug-likeness (QED) is 0.0887. The molecule has 0 bridgehead atoms. The van der Waals surface area contributed by atoms with Crippen molar-refractivity contribution in [1.29, 1.82) is 0 Å². The third-order valence-corrected chi connectivity index (χ3v) is 16.6. The second-order valence-corrected chi connectivity index (χ2v) is 22.8. The molecule has 0 spiro atoms. The van der Waals surface area contributed by atoms with E-state index in [0.717, 1.165) is 72.7 Å². The molecule has 4 radical (unpaired) electrons. The molecule has 98 heavy (non-hydrogen) atoms. The number of thiazole rings is 1. The van der Waals surface area contributed by atoms with E-state index >= 15 is 0 Å². The van der Waals surface area contributed by atoms with Crippen molar-refractivity contribution in [2.75, 3.05) is 0 Å². The normalized spacial score (nSPS) is 10.2. The van der Waals surface area contributed by atoms with Gasteiger partial charge in [0.05, 0.1) is 17.6 Å². The Morgan fingerprint density at radius 1 is 0.337 bits per heavy atom. The van der Waals surface area contributed by atoms with E-state index in [0.29, 0.717) is 5.89 Å². The number of hydrogen-bond donors (Lipinski definition) is 0. The van der Waals surface area contributed by atoms with Crippen molar-refractivity contribution in [1.82, 2.24) is 40.0 Å². The van der Waals surface area contributed by atoms with Gasteiger partial charge >= 0.3 is 0 Å². The van der Waals surface area contributed by atoms with Crippen molar-refractivity contribution >= 4 is 11.3 Å². The first-order chi connectivity index (χ1) is 46.4. The average Bonchev–Trinajstić information content (AvgIpc) is 1.78. The van der Waals surface area contributed by atoms with Crippen LogP contribution in [0.1, 0.15) is 11.4 Å². The van der Waals surface area contributed by atoms with Crippen LogP contribution in [-0.4, -0.2) is 40.0 Å². The topological polar surface area (TPSA) is 100 Å². The van der Waals surface area contributed by atoms with Crippen LogP contribution in [0.2, 0.25) is 0 Å². The van der Waals surface area contributed by atoms with Crippen LogP contribution in [0.3, 0.4) is 0 Å². The number of aromatic nitrogens is 8. The molecule has 0 atom stereocenters. The smallest absolute Gasteiger partial charge is 0.141 e. The Kier molecular flexibility index (Phi) is 26.7. The molecule has 0 fully saturated rings. The van der Waals surface area contributed by atoms with E-state index in [9.17, 15) is 0 Å². The summed E-state index contributed by atoms with van der Waals surface area (Å²) in [7, 11) is 0. The summed E-state index contributed by atoms with van der Waals surface area (Å²) in [6.07, 6.45) is 3.70. The maximum atomic E-state index is 5.86. The molecule has 12 aromatic carbocycles.